The van der Waals surface area contributed by atoms with Crippen molar-refractivity contribution in [3.8, 4) is 0 Å². The Hall–Kier alpha value is -0.430. The minimum atomic E-state index is 0.722. The van der Waals surface area contributed by atoms with Crippen molar-refractivity contribution in [2.45, 2.75) is 13.8 Å². The van der Waals surface area contributed by atoms with E-state index in [4.69, 9.17) is 11.6 Å². The molecule has 0 aromatic carbocycles. The van der Waals surface area contributed by atoms with Crippen LogP contribution in [0.4, 0.5) is 0 Å². The molecule has 0 unspecified atom stereocenters. The molecule has 2 heteroatoms. The van der Waals surface area contributed by atoms with Gasteiger partial charge >= 0.3 is 0 Å². The van der Waals surface area contributed by atoms with Crippen LogP contribution in [0, 0.1) is 13.8 Å². The van der Waals surface area contributed by atoms with Crippen LogP contribution in [0.2, 0.25) is 5.15 Å². The maximum absolute atomic E-state index is 5.61. The van der Waals surface area contributed by atoms with Crippen LogP contribution in [0.3, 0.4) is 0 Å². The zero-order valence-corrected chi connectivity index (χ0v) is 5.71. The minimum Gasteiger partial charge on any atom is -0.350 e. The zero-order chi connectivity index (χ0) is 6.15. The summed E-state index contributed by atoms with van der Waals surface area (Å²) in [5.41, 5.74) is 2.37. The average Bonchev–Trinajstić information content (AvgIpc) is 1.85. The molecule has 1 aromatic rings. The Kier molecular flexibility index (Phi) is 1.30. The average molecular weight is 130 g/mol. The molecule has 1 N–H and O–H groups in total. The third-order valence-electron chi connectivity index (χ3n) is 1.24. The van der Waals surface area contributed by atoms with Crippen LogP contribution in [-0.2, 0) is 0 Å². The SMILES string of the molecule is Cc1cc(Cl)[nH]c1C. The molecule has 0 saturated heterocycles. The number of rotatable bonds is 0. The van der Waals surface area contributed by atoms with Crippen molar-refractivity contribution in [3.63, 3.8) is 0 Å². The van der Waals surface area contributed by atoms with Gasteiger partial charge in [-0.2, -0.15) is 0 Å². The summed E-state index contributed by atoms with van der Waals surface area (Å²) in [6, 6.07) is 1.91. The summed E-state index contributed by atoms with van der Waals surface area (Å²) in [4.78, 5) is 2.97. The molecule has 0 aliphatic heterocycles. The lowest BCUT2D eigenvalue weighted by atomic mass is 10.3. The Morgan fingerprint density at radius 2 is 2.12 bits per heavy atom. The smallest absolute Gasteiger partial charge is 0.106 e. The molecule has 1 nitrogen and oxygen atoms in total. The molecule has 8 heavy (non-hydrogen) atoms. The summed E-state index contributed by atoms with van der Waals surface area (Å²) in [5.74, 6) is 0. The zero-order valence-electron chi connectivity index (χ0n) is 4.96. The number of aromatic nitrogens is 1. The highest BCUT2D eigenvalue weighted by atomic mass is 35.5. The van der Waals surface area contributed by atoms with Crippen LogP contribution in [0.15, 0.2) is 6.07 Å². The topological polar surface area (TPSA) is 15.8 Å². The van der Waals surface area contributed by atoms with Gasteiger partial charge in [-0.15, -0.1) is 0 Å². The number of aryl methyl sites for hydroxylation is 2. The van der Waals surface area contributed by atoms with Crippen LogP contribution in [-0.4, -0.2) is 4.98 Å². The highest BCUT2D eigenvalue weighted by molar-refractivity contribution is 6.29. The van der Waals surface area contributed by atoms with E-state index in [1.807, 2.05) is 19.9 Å². The Bertz CT molecular complexity index is 171. The first kappa shape index (κ1) is 5.70. The van der Waals surface area contributed by atoms with Gasteiger partial charge in [-0.25, -0.2) is 0 Å². The number of H-pyrrole nitrogens is 1. The van der Waals surface area contributed by atoms with Gasteiger partial charge in [0.15, 0.2) is 0 Å². The van der Waals surface area contributed by atoms with Crippen molar-refractivity contribution in [2.75, 3.05) is 0 Å². The third-order valence-corrected chi connectivity index (χ3v) is 1.45. The molecular weight excluding hydrogens is 122 g/mol. The van der Waals surface area contributed by atoms with E-state index in [0.717, 1.165) is 10.8 Å². The van der Waals surface area contributed by atoms with Crippen molar-refractivity contribution in [3.05, 3.63) is 22.5 Å². The first-order valence-electron chi connectivity index (χ1n) is 2.52. The van der Waals surface area contributed by atoms with Crippen LogP contribution in [0.1, 0.15) is 11.3 Å². The van der Waals surface area contributed by atoms with E-state index in [2.05, 4.69) is 4.98 Å². The van der Waals surface area contributed by atoms with Crippen molar-refractivity contribution < 1.29 is 0 Å². The second kappa shape index (κ2) is 1.82. The van der Waals surface area contributed by atoms with Crippen molar-refractivity contribution in [1.29, 1.82) is 0 Å². The molecule has 0 atom stereocenters. The van der Waals surface area contributed by atoms with Gasteiger partial charge in [0.05, 0.1) is 0 Å². The number of hydrogen-bond donors (Lipinski definition) is 1. The van der Waals surface area contributed by atoms with E-state index in [1.54, 1.807) is 0 Å². The third kappa shape index (κ3) is 0.869. The number of nitrogens with one attached hydrogen (secondary N) is 1. The summed E-state index contributed by atoms with van der Waals surface area (Å²) < 4.78 is 0. The summed E-state index contributed by atoms with van der Waals surface area (Å²) in [7, 11) is 0. The lowest BCUT2D eigenvalue weighted by Gasteiger charge is -1.81. The minimum absolute atomic E-state index is 0.722. The molecule has 0 fully saturated rings. The fourth-order valence-corrected chi connectivity index (χ4v) is 0.918. The van der Waals surface area contributed by atoms with Crippen LogP contribution in [0.25, 0.3) is 0 Å². The summed E-state index contributed by atoms with van der Waals surface area (Å²) in [6.07, 6.45) is 0. The Balaban J connectivity index is 3.14. The van der Waals surface area contributed by atoms with Crippen molar-refractivity contribution in [1.82, 2.24) is 4.98 Å². The summed E-state index contributed by atoms with van der Waals surface area (Å²) >= 11 is 5.61. The van der Waals surface area contributed by atoms with E-state index >= 15 is 0 Å². The standard InChI is InChI=1S/C6H8ClN/c1-4-3-6(7)8-5(4)2/h3,8H,1-2H3. The molecule has 0 radical (unpaired) electrons. The Morgan fingerprint density at radius 1 is 1.50 bits per heavy atom. The molecule has 0 spiro atoms. The van der Waals surface area contributed by atoms with Crippen molar-refractivity contribution >= 4 is 11.6 Å². The monoisotopic (exact) mass is 129 g/mol. The molecule has 44 valence electrons. The van der Waals surface area contributed by atoms with Gasteiger partial charge in [-0.3, -0.25) is 0 Å². The predicted octanol–water partition coefficient (Wildman–Crippen LogP) is 2.28. The van der Waals surface area contributed by atoms with Gasteiger partial charge < -0.3 is 4.98 Å². The molecular formula is C6H8ClN. The second-order valence-corrected chi connectivity index (χ2v) is 2.33. The van der Waals surface area contributed by atoms with Gasteiger partial charge in [-0.05, 0) is 25.5 Å². The summed E-state index contributed by atoms with van der Waals surface area (Å²) in [6.45, 7) is 4.03. The van der Waals surface area contributed by atoms with Gasteiger partial charge in [0.2, 0.25) is 0 Å². The van der Waals surface area contributed by atoms with Crippen LogP contribution >= 0.6 is 11.6 Å². The molecule has 0 aliphatic carbocycles. The van der Waals surface area contributed by atoms with Gasteiger partial charge in [0.1, 0.15) is 5.15 Å². The van der Waals surface area contributed by atoms with E-state index in [-0.39, 0.29) is 0 Å². The molecule has 0 bridgehead atoms. The highest BCUT2D eigenvalue weighted by Gasteiger charge is 1.93. The maximum atomic E-state index is 5.61. The van der Waals surface area contributed by atoms with Crippen LogP contribution < -0.4 is 0 Å². The molecule has 1 aromatic heterocycles. The fourth-order valence-electron chi connectivity index (χ4n) is 0.612. The number of aromatic amines is 1. The Labute approximate surface area is 53.7 Å². The van der Waals surface area contributed by atoms with E-state index < -0.39 is 0 Å². The second-order valence-electron chi connectivity index (χ2n) is 1.93. The molecule has 0 saturated carbocycles. The number of halogens is 1. The summed E-state index contributed by atoms with van der Waals surface area (Å²) in [5, 5.41) is 0.722. The van der Waals surface area contributed by atoms with Gasteiger partial charge in [0, 0.05) is 5.69 Å². The van der Waals surface area contributed by atoms with Crippen molar-refractivity contribution in [2.24, 2.45) is 0 Å². The quantitative estimate of drug-likeness (QED) is 0.553. The van der Waals surface area contributed by atoms with E-state index in [0.29, 0.717) is 0 Å². The molecule has 0 amide bonds. The predicted molar refractivity (Wildman–Crippen MR) is 35.3 cm³/mol. The fraction of sp³-hybridized carbons (Fsp3) is 0.333. The van der Waals surface area contributed by atoms with Gasteiger partial charge in [0.25, 0.3) is 0 Å². The molecule has 1 heterocycles. The van der Waals surface area contributed by atoms with Gasteiger partial charge in [-0.1, -0.05) is 11.6 Å². The lowest BCUT2D eigenvalue weighted by Crippen LogP contribution is -1.69. The van der Waals surface area contributed by atoms with E-state index in [9.17, 15) is 0 Å². The van der Waals surface area contributed by atoms with Crippen LogP contribution in [0.5, 0.6) is 0 Å². The normalized spacial score (nSPS) is 9.88. The lowest BCUT2D eigenvalue weighted by molar-refractivity contribution is 1.23. The first-order chi connectivity index (χ1) is 3.70. The molecule has 0 aliphatic rings. The first-order valence-corrected chi connectivity index (χ1v) is 2.89. The largest absolute Gasteiger partial charge is 0.350 e. The van der Waals surface area contributed by atoms with E-state index in [1.165, 1.54) is 5.56 Å². The molecule has 1 rings (SSSR count). The highest BCUT2D eigenvalue weighted by Crippen LogP contribution is 2.11. The number of hydrogen-bond acceptors (Lipinski definition) is 0. The Morgan fingerprint density at radius 3 is 2.25 bits per heavy atom. The maximum Gasteiger partial charge on any atom is 0.106 e.